The second kappa shape index (κ2) is 6.34. The van der Waals surface area contributed by atoms with Gasteiger partial charge in [0.1, 0.15) is 11.5 Å². The molecule has 2 rings (SSSR count). The molecule has 100 valence electrons. The normalized spacial score (nSPS) is 10.2. The zero-order valence-electron chi connectivity index (χ0n) is 10.7. The van der Waals surface area contributed by atoms with Crippen LogP contribution in [0.4, 0.5) is 5.69 Å². The van der Waals surface area contributed by atoms with Crippen LogP contribution in [0.1, 0.15) is 13.3 Å². The van der Waals surface area contributed by atoms with E-state index in [1.807, 2.05) is 24.3 Å². The van der Waals surface area contributed by atoms with Crippen molar-refractivity contribution in [3.8, 4) is 17.2 Å². The molecule has 0 aliphatic heterocycles. The molecule has 0 heterocycles. The van der Waals surface area contributed by atoms with Crippen LogP contribution in [0, 0.1) is 0 Å². The van der Waals surface area contributed by atoms with Crippen molar-refractivity contribution >= 4 is 17.3 Å². The van der Waals surface area contributed by atoms with Crippen molar-refractivity contribution in [3.05, 3.63) is 47.5 Å². The van der Waals surface area contributed by atoms with Crippen molar-refractivity contribution in [1.29, 1.82) is 0 Å². The minimum Gasteiger partial charge on any atom is -0.494 e. The monoisotopic (exact) mass is 277 g/mol. The summed E-state index contributed by atoms with van der Waals surface area (Å²) in [4.78, 5) is 0. The number of para-hydroxylation sites is 1. The summed E-state index contributed by atoms with van der Waals surface area (Å²) >= 11 is 5.94. The predicted octanol–water partition coefficient (Wildman–Crippen LogP) is 4.50. The van der Waals surface area contributed by atoms with E-state index in [4.69, 9.17) is 26.8 Å². The van der Waals surface area contributed by atoms with Gasteiger partial charge in [0.05, 0.1) is 17.3 Å². The molecule has 0 bridgehead atoms. The van der Waals surface area contributed by atoms with Crippen LogP contribution in [0.2, 0.25) is 5.02 Å². The molecular weight excluding hydrogens is 262 g/mol. The fraction of sp³-hybridized carbons (Fsp3) is 0.200. The second-order valence-corrected chi connectivity index (χ2v) is 4.48. The standard InChI is InChI=1S/C15H16ClNO2/c1-2-10-18-11-6-8-12(9-7-11)19-14-5-3-4-13(16)15(14)17/h3-9H,2,10,17H2,1H3. The first-order chi connectivity index (χ1) is 9.20. The molecule has 19 heavy (non-hydrogen) atoms. The molecule has 2 aromatic rings. The topological polar surface area (TPSA) is 44.5 Å². The Morgan fingerprint density at radius 2 is 1.74 bits per heavy atom. The van der Waals surface area contributed by atoms with E-state index in [2.05, 4.69) is 6.92 Å². The highest BCUT2D eigenvalue weighted by Crippen LogP contribution is 2.33. The molecule has 0 saturated carbocycles. The molecule has 3 nitrogen and oxygen atoms in total. The molecule has 2 aromatic carbocycles. The number of hydrogen-bond acceptors (Lipinski definition) is 3. The van der Waals surface area contributed by atoms with Crippen molar-refractivity contribution in [3.63, 3.8) is 0 Å². The molecule has 0 radical (unpaired) electrons. The maximum atomic E-state index is 5.94. The Bertz CT molecular complexity index is 540. The second-order valence-electron chi connectivity index (χ2n) is 4.07. The molecule has 0 saturated heterocycles. The van der Waals surface area contributed by atoms with E-state index in [0.29, 0.717) is 28.8 Å². The van der Waals surface area contributed by atoms with Crippen molar-refractivity contribution in [1.82, 2.24) is 0 Å². The lowest BCUT2D eigenvalue weighted by Crippen LogP contribution is -1.95. The van der Waals surface area contributed by atoms with Gasteiger partial charge in [-0.3, -0.25) is 0 Å². The summed E-state index contributed by atoms with van der Waals surface area (Å²) in [7, 11) is 0. The van der Waals surface area contributed by atoms with Crippen LogP contribution in [0.5, 0.6) is 17.2 Å². The van der Waals surface area contributed by atoms with Crippen LogP contribution >= 0.6 is 11.6 Å². The Balaban J connectivity index is 2.09. The summed E-state index contributed by atoms with van der Waals surface area (Å²) in [5, 5.41) is 0.486. The number of halogens is 1. The number of benzene rings is 2. The van der Waals surface area contributed by atoms with Gasteiger partial charge in [-0.05, 0) is 42.8 Å². The number of ether oxygens (including phenoxy) is 2. The predicted molar refractivity (Wildman–Crippen MR) is 78.2 cm³/mol. The Labute approximate surface area is 117 Å². The minimum atomic E-state index is 0.440. The van der Waals surface area contributed by atoms with E-state index in [1.165, 1.54) is 0 Å². The first-order valence-corrected chi connectivity index (χ1v) is 6.53. The van der Waals surface area contributed by atoms with Gasteiger partial charge in [0.15, 0.2) is 5.75 Å². The van der Waals surface area contributed by atoms with Gasteiger partial charge in [0, 0.05) is 0 Å². The maximum Gasteiger partial charge on any atom is 0.151 e. The number of rotatable bonds is 5. The zero-order chi connectivity index (χ0) is 13.7. The smallest absolute Gasteiger partial charge is 0.151 e. The van der Waals surface area contributed by atoms with Crippen molar-refractivity contribution in [2.45, 2.75) is 13.3 Å². The number of anilines is 1. The summed E-state index contributed by atoms with van der Waals surface area (Å²) in [6.07, 6.45) is 0.983. The fourth-order valence-corrected chi connectivity index (χ4v) is 1.72. The van der Waals surface area contributed by atoms with Crippen molar-refractivity contribution in [2.75, 3.05) is 12.3 Å². The van der Waals surface area contributed by atoms with Crippen LogP contribution in [0.3, 0.4) is 0 Å². The lowest BCUT2D eigenvalue weighted by atomic mass is 10.3. The van der Waals surface area contributed by atoms with Gasteiger partial charge in [-0.1, -0.05) is 24.6 Å². The van der Waals surface area contributed by atoms with Crippen LogP contribution in [0.15, 0.2) is 42.5 Å². The number of hydrogen-bond donors (Lipinski definition) is 1. The minimum absolute atomic E-state index is 0.440. The molecule has 0 amide bonds. The maximum absolute atomic E-state index is 5.94. The van der Waals surface area contributed by atoms with Gasteiger partial charge in [-0.15, -0.1) is 0 Å². The van der Waals surface area contributed by atoms with Gasteiger partial charge in [-0.25, -0.2) is 0 Å². The van der Waals surface area contributed by atoms with Gasteiger partial charge in [-0.2, -0.15) is 0 Å². The van der Waals surface area contributed by atoms with E-state index < -0.39 is 0 Å². The van der Waals surface area contributed by atoms with E-state index in [-0.39, 0.29) is 0 Å². The zero-order valence-corrected chi connectivity index (χ0v) is 11.5. The number of nitrogens with two attached hydrogens (primary N) is 1. The molecule has 0 aromatic heterocycles. The quantitative estimate of drug-likeness (QED) is 0.818. The third-order valence-electron chi connectivity index (χ3n) is 2.54. The summed E-state index contributed by atoms with van der Waals surface area (Å²) in [5.74, 6) is 2.07. The first-order valence-electron chi connectivity index (χ1n) is 6.15. The molecular formula is C15H16ClNO2. The number of nitrogen functional groups attached to an aromatic ring is 1. The van der Waals surface area contributed by atoms with Crippen LogP contribution in [-0.4, -0.2) is 6.61 Å². The summed E-state index contributed by atoms with van der Waals surface area (Å²) in [5.41, 5.74) is 6.28. The highest BCUT2D eigenvalue weighted by Gasteiger charge is 2.05. The Hall–Kier alpha value is -1.87. The summed E-state index contributed by atoms with van der Waals surface area (Å²) < 4.78 is 11.2. The largest absolute Gasteiger partial charge is 0.494 e. The van der Waals surface area contributed by atoms with Gasteiger partial charge in [0.2, 0.25) is 0 Å². The highest BCUT2D eigenvalue weighted by atomic mass is 35.5. The summed E-state index contributed by atoms with van der Waals surface area (Å²) in [6.45, 7) is 2.78. The van der Waals surface area contributed by atoms with E-state index >= 15 is 0 Å². The van der Waals surface area contributed by atoms with E-state index in [1.54, 1.807) is 18.2 Å². The van der Waals surface area contributed by atoms with Gasteiger partial charge < -0.3 is 15.2 Å². The van der Waals surface area contributed by atoms with E-state index in [0.717, 1.165) is 12.2 Å². The van der Waals surface area contributed by atoms with Crippen molar-refractivity contribution < 1.29 is 9.47 Å². The van der Waals surface area contributed by atoms with Crippen LogP contribution in [0.25, 0.3) is 0 Å². The molecule has 4 heteroatoms. The van der Waals surface area contributed by atoms with Crippen molar-refractivity contribution in [2.24, 2.45) is 0 Å². The van der Waals surface area contributed by atoms with Crippen LogP contribution in [-0.2, 0) is 0 Å². The van der Waals surface area contributed by atoms with E-state index in [9.17, 15) is 0 Å². The third kappa shape index (κ3) is 3.55. The molecule has 0 aliphatic carbocycles. The molecule has 0 atom stereocenters. The lowest BCUT2D eigenvalue weighted by Gasteiger charge is -2.10. The highest BCUT2D eigenvalue weighted by molar-refractivity contribution is 6.33. The Morgan fingerprint density at radius 1 is 1.05 bits per heavy atom. The van der Waals surface area contributed by atoms with Crippen LogP contribution < -0.4 is 15.2 Å². The average Bonchev–Trinajstić information content (AvgIpc) is 2.43. The summed E-state index contributed by atoms with van der Waals surface area (Å²) in [6, 6.07) is 12.7. The third-order valence-corrected chi connectivity index (χ3v) is 2.87. The molecule has 0 unspecified atom stereocenters. The lowest BCUT2D eigenvalue weighted by molar-refractivity contribution is 0.317. The average molecular weight is 278 g/mol. The Kier molecular flexibility index (Phi) is 4.53. The fourth-order valence-electron chi connectivity index (χ4n) is 1.56. The van der Waals surface area contributed by atoms with Gasteiger partial charge in [0.25, 0.3) is 0 Å². The molecule has 0 fully saturated rings. The first kappa shape index (κ1) is 13.6. The molecule has 2 N–H and O–H groups in total. The SMILES string of the molecule is CCCOc1ccc(Oc2cccc(Cl)c2N)cc1. The Morgan fingerprint density at radius 3 is 2.42 bits per heavy atom. The molecule has 0 aliphatic rings. The molecule has 0 spiro atoms. The van der Waals surface area contributed by atoms with Gasteiger partial charge >= 0.3 is 0 Å².